The second-order valence-electron chi connectivity index (χ2n) is 5.94. The molecule has 19 heavy (non-hydrogen) atoms. The van der Waals surface area contributed by atoms with Crippen molar-refractivity contribution in [3.05, 3.63) is 0 Å². The van der Waals surface area contributed by atoms with E-state index in [1.165, 1.54) is 25.9 Å². The second-order valence-corrected chi connectivity index (χ2v) is 5.94. The number of hydrogen-bond donors (Lipinski definition) is 2. The van der Waals surface area contributed by atoms with Crippen LogP contribution < -0.4 is 10.6 Å². The normalized spacial score (nSPS) is 26.3. The molecule has 0 aromatic heterocycles. The van der Waals surface area contributed by atoms with Crippen LogP contribution >= 0.6 is 0 Å². The zero-order valence-electron chi connectivity index (χ0n) is 12.2. The molecular formula is C14H28N4O. The van der Waals surface area contributed by atoms with Crippen LogP contribution in [0.4, 0.5) is 0 Å². The van der Waals surface area contributed by atoms with E-state index in [2.05, 4.69) is 27.5 Å². The van der Waals surface area contributed by atoms with Crippen molar-refractivity contribution >= 4 is 5.91 Å². The molecule has 0 spiro atoms. The summed E-state index contributed by atoms with van der Waals surface area (Å²) in [6.07, 6.45) is 3.74. The van der Waals surface area contributed by atoms with Crippen LogP contribution in [0, 0.1) is 5.92 Å². The molecule has 0 aromatic carbocycles. The molecule has 0 radical (unpaired) electrons. The van der Waals surface area contributed by atoms with Crippen LogP contribution in [-0.2, 0) is 4.79 Å². The summed E-state index contributed by atoms with van der Waals surface area (Å²) in [5, 5.41) is 6.37. The smallest absolute Gasteiger partial charge is 0.234 e. The van der Waals surface area contributed by atoms with Crippen molar-refractivity contribution in [2.75, 3.05) is 59.4 Å². The lowest BCUT2D eigenvalue weighted by molar-refractivity contribution is -0.122. The molecule has 2 saturated heterocycles. The van der Waals surface area contributed by atoms with Gasteiger partial charge in [0, 0.05) is 39.3 Å². The Labute approximate surface area is 116 Å². The molecule has 2 N–H and O–H groups in total. The summed E-state index contributed by atoms with van der Waals surface area (Å²) in [5.41, 5.74) is 0. The lowest BCUT2D eigenvalue weighted by atomic mass is 9.95. The quantitative estimate of drug-likeness (QED) is 0.721. The number of carbonyl (C=O) groups excluding carboxylic acids is 1. The number of nitrogens with zero attached hydrogens (tertiary/aromatic N) is 2. The summed E-state index contributed by atoms with van der Waals surface area (Å²) in [4.78, 5) is 16.5. The first kappa shape index (κ1) is 14.8. The molecule has 1 unspecified atom stereocenters. The lowest BCUT2D eigenvalue weighted by Gasteiger charge is -2.30. The average Bonchev–Trinajstić information content (AvgIpc) is 2.40. The van der Waals surface area contributed by atoms with Crippen molar-refractivity contribution in [3.8, 4) is 0 Å². The fourth-order valence-corrected chi connectivity index (χ4v) is 3.05. The van der Waals surface area contributed by atoms with Gasteiger partial charge in [-0.2, -0.15) is 0 Å². The fourth-order valence-electron chi connectivity index (χ4n) is 3.05. The van der Waals surface area contributed by atoms with E-state index in [0.29, 0.717) is 6.54 Å². The molecule has 5 heteroatoms. The van der Waals surface area contributed by atoms with Crippen LogP contribution in [0.25, 0.3) is 0 Å². The van der Waals surface area contributed by atoms with Crippen LogP contribution in [-0.4, -0.2) is 75.1 Å². The van der Waals surface area contributed by atoms with E-state index in [0.717, 1.165) is 45.1 Å². The Morgan fingerprint density at radius 2 is 2.11 bits per heavy atom. The summed E-state index contributed by atoms with van der Waals surface area (Å²) in [5.74, 6) is 0.948. The molecule has 0 saturated carbocycles. The van der Waals surface area contributed by atoms with Gasteiger partial charge in [0.15, 0.2) is 0 Å². The maximum absolute atomic E-state index is 11.8. The first-order valence-corrected chi connectivity index (χ1v) is 7.62. The first-order valence-electron chi connectivity index (χ1n) is 7.62. The molecule has 2 rings (SSSR count). The Morgan fingerprint density at radius 3 is 2.84 bits per heavy atom. The Kier molecular flexibility index (Phi) is 6.07. The molecule has 2 aliphatic heterocycles. The predicted molar refractivity (Wildman–Crippen MR) is 77.2 cm³/mol. The summed E-state index contributed by atoms with van der Waals surface area (Å²) in [6, 6.07) is 0. The lowest BCUT2D eigenvalue weighted by Crippen LogP contribution is -2.47. The Balaban J connectivity index is 1.55. The van der Waals surface area contributed by atoms with Gasteiger partial charge in [-0.1, -0.05) is 0 Å². The van der Waals surface area contributed by atoms with Crippen LogP contribution in [0.3, 0.4) is 0 Å². The highest BCUT2D eigenvalue weighted by Gasteiger charge is 2.17. The molecule has 0 aromatic rings. The third-order valence-corrected chi connectivity index (χ3v) is 4.17. The van der Waals surface area contributed by atoms with Crippen molar-refractivity contribution in [2.24, 2.45) is 5.92 Å². The number of carbonyl (C=O) groups is 1. The van der Waals surface area contributed by atoms with Crippen molar-refractivity contribution in [1.29, 1.82) is 0 Å². The van der Waals surface area contributed by atoms with Crippen molar-refractivity contribution < 1.29 is 4.79 Å². The summed E-state index contributed by atoms with van der Waals surface area (Å²) in [7, 11) is 2.19. The van der Waals surface area contributed by atoms with Gasteiger partial charge in [-0.25, -0.2) is 0 Å². The molecule has 0 aliphatic carbocycles. The summed E-state index contributed by atoms with van der Waals surface area (Å²) in [6.45, 7) is 7.79. The Morgan fingerprint density at radius 1 is 1.32 bits per heavy atom. The highest BCUT2D eigenvalue weighted by Crippen LogP contribution is 2.17. The molecule has 5 nitrogen and oxygen atoms in total. The van der Waals surface area contributed by atoms with Gasteiger partial charge in [-0.3, -0.25) is 9.69 Å². The van der Waals surface area contributed by atoms with E-state index >= 15 is 0 Å². The largest absolute Gasteiger partial charge is 0.355 e. The molecule has 1 atom stereocenters. The minimum Gasteiger partial charge on any atom is -0.355 e. The van der Waals surface area contributed by atoms with Crippen LogP contribution in [0.1, 0.15) is 19.3 Å². The van der Waals surface area contributed by atoms with E-state index in [4.69, 9.17) is 0 Å². The number of likely N-dealkylation sites (tertiary alicyclic amines) is 1. The Hall–Kier alpha value is -0.650. The van der Waals surface area contributed by atoms with Gasteiger partial charge in [0.2, 0.25) is 5.91 Å². The number of rotatable bonds is 5. The second kappa shape index (κ2) is 7.82. The highest BCUT2D eigenvalue weighted by molar-refractivity contribution is 5.77. The first-order chi connectivity index (χ1) is 9.24. The van der Waals surface area contributed by atoms with E-state index in [1.54, 1.807) is 0 Å². The predicted octanol–water partition coefficient (Wildman–Crippen LogP) is -0.260. The van der Waals surface area contributed by atoms with Crippen LogP contribution in [0.15, 0.2) is 0 Å². The van der Waals surface area contributed by atoms with Gasteiger partial charge in [0.1, 0.15) is 0 Å². The van der Waals surface area contributed by atoms with Crippen molar-refractivity contribution in [3.63, 3.8) is 0 Å². The third-order valence-electron chi connectivity index (χ3n) is 4.17. The van der Waals surface area contributed by atoms with Crippen molar-refractivity contribution in [1.82, 2.24) is 20.4 Å². The molecule has 110 valence electrons. The van der Waals surface area contributed by atoms with E-state index in [1.807, 2.05) is 0 Å². The monoisotopic (exact) mass is 268 g/mol. The minimum atomic E-state index is 0.186. The maximum atomic E-state index is 11.8. The number of piperazine rings is 1. The van der Waals surface area contributed by atoms with Gasteiger partial charge in [-0.15, -0.1) is 0 Å². The Bertz CT molecular complexity index is 279. The van der Waals surface area contributed by atoms with E-state index in [-0.39, 0.29) is 5.91 Å². The van der Waals surface area contributed by atoms with Crippen LogP contribution in [0.5, 0.6) is 0 Å². The van der Waals surface area contributed by atoms with Gasteiger partial charge < -0.3 is 15.5 Å². The van der Waals surface area contributed by atoms with Crippen LogP contribution in [0.2, 0.25) is 0 Å². The standard InChI is InChI=1S/C14H28N4O/c1-17-8-2-3-13(11-17)4-5-16-14(19)12-18-9-6-15-7-10-18/h13,15H,2-12H2,1H3,(H,16,19). The maximum Gasteiger partial charge on any atom is 0.234 e. The van der Waals surface area contributed by atoms with Gasteiger partial charge in [-0.05, 0) is 38.8 Å². The SMILES string of the molecule is CN1CCCC(CCNC(=O)CN2CCNCC2)C1. The number of nitrogens with one attached hydrogen (secondary N) is 2. The highest BCUT2D eigenvalue weighted by atomic mass is 16.2. The van der Waals surface area contributed by atoms with Gasteiger partial charge in [0.25, 0.3) is 0 Å². The minimum absolute atomic E-state index is 0.186. The number of amides is 1. The van der Waals surface area contributed by atoms with E-state index in [9.17, 15) is 4.79 Å². The number of hydrogen-bond acceptors (Lipinski definition) is 4. The average molecular weight is 268 g/mol. The molecular weight excluding hydrogens is 240 g/mol. The third kappa shape index (κ3) is 5.47. The zero-order chi connectivity index (χ0) is 13.5. The zero-order valence-corrected chi connectivity index (χ0v) is 12.2. The molecule has 2 fully saturated rings. The molecule has 0 bridgehead atoms. The summed E-state index contributed by atoms with van der Waals surface area (Å²) < 4.78 is 0. The van der Waals surface area contributed by atoms with Gasteiger partial charge >= 0.3 is 0 Å². The van der Waals surface area contributed by atoms with E-state index < -0.39 is 0 Å². The molecule has 2 aliphatic rings. The van der Waals surface area contributed by atoms with Gasteiger partial charge in [0.05, 0.1) is 6.54 Å². The van der Waals surface area contributed by atoms with Crippen molar-refractivity contribution in [2.45, 2.75) is 19.3 Å². The molecule has 1 amide bonds. The topological polar surface area (TPSA) is 47.6 Å². The fraction of sp³-hybridized carbons (Fsp3) is 0.929. The summed E-state index contributed by atoms with van der Waals surface area (Å²) >= 11 is 0. The number of piperidine rings is 1. The molecule has 2 heterocycles.